The van der Waals surface area contributed by atoms with Gasteiger partial charge in [-0.05, 0) is 11.4 Å². The molecule has 2 atom stereocenters. The molecule has 0 aliphatic carbocycles. The molecule has 0 bridgehead atoms. The van der Waals surface area contributed by atoms with Crippen LogP contribution in [0.15, 0.2) is 17.5 Å². The van der Waals surface area contributed by atoms with Crippen molar-refractivity contribution in [1.29, 1.82) is 0 Å². The standard InChI is InChI=1S/C9H11F2NS.ClH/c10-9(11)7-5-12-4-6(7)8-2-1-3-13-8;/h1-3,6-7,9,12H,4-5H2;1H. The van der Waals surface area contributed by atoms with E-state index in [1.54, 1.807) is 11.3 Å². The maximum atomic E-state index is 12.5. The summed E-state index contributed by atoms with van der Waals surface area (Å²) in [7, 11) is 0. The van der Waals surface area contributed by atoms with Crippen LogP contribution in [0.2, 0.25) is 0 Å². The van der Waals surface area contributed by atoms with Gasteiger partial charge in [0.15, 0.2) is 0 Å². The molecular weight excluding hydrogens is 228 g/mol. The van der Waals surface area contributed by atoms with E-state index in [9.17, 15) is 8.78 Å². The smallest absolute Gasteiger partial charge is 0.243 e. The van der Waals surface area contributed by atoms with Crippen LogP contribution in [0.4, 0.5) is 8.78 Å². The number of hydrogen-bond donors (Lipinski definition) is 1. The van der Waals surface area contributed by atoms with E-state index in [-0.39, 0.29) is 18.3 Å². The Morgan fingerprint density at radius 3 is 2.79 bits per heavy atom. The van der Waals surface area contributed by atoms with Crippen LogP contribution < -0.4 is 5.32 Å². The van der Waals surface area contributed by atoms with E-state index in [0.29, 0.717) is 13.1 Å². The highest BCUT2D eigenvalue weighted by molar-refractivity contribution is 7.10. The number of nitrogens with one attached hydrogen (secondary N) is 1. The summed E-state index contributed by atoms with van der Waals surface area (Å²) < 4.78 is 25.1. The quantitative estimate of drug-likeness (QED) is 0.837. The fourth-order valence-corrected chi connectivity index (χ4v) is 2.68. The zero-order valence-electron chi connectivity index (χ0n) is 7.45. The molecule has 0 radical (unpaired) electrons. The lowest BCUT2D eigenvalue weighted by molar-refractivity contribution is 0.0793. The molecule has 2 unspecified atom stereocenters. The molecule has 14 heavy (non-hydrogen) atoms. The molecule has 0 aromatic carbocycles. The van der Waals surface area contributed by atoms with Crippen molar-refractivity contribution in [2.24, 2.45) is 5.92 Å². The van der Waals surface area contributed by atoms with Crippen LogP contribution >= 0.6 is 23.7 Å². The monoisotopic (exact) mass is 239 g/mol. The SMILES string of the molecule is Cl.FC(F)C1CNCC1c1cccs1. The van der Waals surface area contributed by atoms with Gasteiger partial charge in [0.25, 0.3) is 0 Å². The van der Waals surface area contributed by atoms with Gasteiger partial charge in [0.1, 0.15) is 0 Å². The van der Waals surface area contributed by atoms with E-state index in [2.05, 4.69) is 5.32 Å². The summed E-state index contributed by atoms with van der Waals surface area (Å²) in [5.41, 5.74) is 0. The minimum atomic E-state index is -2.21. The zero-order valence-corrected chi connectivity index (χ0v) is 9.08. The van der Waals surface area contributed by atoms with E-state index in [1.807, 2.05) is 17.5 Å². The minimum Gasteiger partial charge on any atom is -0.316 e. The Kier molecular flexibility index (Phi) is 4.29. The summed E-state index contributed by atoms with van der Waals surface area (Å²) in [4.78, 5) is 1.08. The first-order valence-electron chi connectivity index (χ1n) is 4.31. The van der Waals surface area contributed by atoms with Gasteiger partial charge < -0.3 is 5.32 Å². The maximum absolute atomic E-state index is 12.5. The van der Waals surface area contributed by atoms with Gasteiger partial charge >= 0.3 is 0 Å². The fraction of sp³-hybridized carbons (Fsp3) is 0.556. The summed E-state index contributed by atoms with van der Waals surface area (Å²) in [6.07, 6.45) is -2.21. The van der Waals surface area contributed by atoms with Crippen LogP contribution in [-0.4, -0.2) is 19.5 Å². The highest BCUT2D eigenvalue weighted by atomic mass is 35.5. The molecule has 0 spiro atoms. The van der Waals surface area contributed by atoms with E-state index in [0.717, 1.165) is 4.88 Å². The largest absolute Gasteiger partial charge is 0.316 e. The lowest BCUT2D eigenvalue weighted by Crippen LogP contribution is -2.18. The van der Waals surface area contributed by atoms with Crippen LogP contribution in [0.25, 0.3) is 0 Å². The van der Waals surface area contributed by atoms with Gasteiger partial charge in [-0.25, -0.2) is 8.78 Å². The van der Waals surface area contributed by atoms with Crippen molar-refractivity contribution >= 4 is 23.7 Å². The average Bonchev–Trinajstić information content (AvgIpc) is 2.74. The van der Waals surface area contributed by atoms with Crippen LogP contribution in [0.5, 0.6) is 0 Å². The number of thiophene rings is 1. The second-order valence-electron chi connectivity index (χ2n) is 3.28. The van der Waals surface area contributed by atoms with E-state index in [1.165, 1.54) is 0 Å². The van der Waals surface area contributed by atoms with Crippen LogP contribution in [-0.2, 0) is 0 Å². The van der Waals surface area contributed by atoms with Gasteiger partial charge in [0.05, 0.1) is 0 Å². The third-order valence-electron chi connectivity index (χ3n) is 2.49. The molecule has 2 heterocycles. The molecule has 1 fully saturated rings. The van der Waals surface area contributed by atoms with Crippen molar-refractivity contribution in [3.05, 3.63) is 22.4 Å². The zero-order chi connectivity index (χ0) is 9.26. The fourth-order valence-electron chi connectivity index (χ4n) is 1.78. The van der Waals surface area contributed by atoms with Crippen molar-refractivity contribution in [3.63, 3.8) is 0 Å². The van der Waals surface area contributed by atoms with E-state index < -0.39 is 12.3 Å². The molecule has 2 rings (SSSR count). The van der Waals surface area contributed by atoms with Crippen molar-refractivity contribution in [1.82, 2.24) is 5.32 Å². The molecule has 1 aliphatic rings. The van der Waals surface area contributed by atoms with Gasteiger partial charge in [-0.2, -0.15) is 0 Å². The summed E-state index contributed by atoms with van der Waals surface area (Å²) >= 11 is 1.57. The van der Waals surface area contributed by atoms with Crippen molar-refractivity contribution in [3.8, 4) is 0 Å². The first-order chi connectivity index (χ1) is 6.29. The molecule has 5 heteroatoms. The third-order valence-corrected chi connectivity index (χ3v) is 3.50. The Hall–Kier alpha value is -0.190. The number of alkyl halides is 2. The highest BCUT2D eigenvalue weighted by Gasteiger charge is 2.35. The first-order valence-corrected chi connectivity index (χ1v) is 5.19. The molecule has 1 aromatic heterocycles. The van der Waals surface area contributed by atoms with Crippen molar-refractivity contribution < 1.29 is 8.78 Å². The highest BCUT2D eigenvalue weighted by Crippen LogP contribution is 2.34. The Balaban J connectivity index is 0.000000980. The van der Waals surface area contributed by atoms with Gasteiger partial charge in [0, 0.05) is 29.8 Å². The average molecular weight is 240 g/mol. The van der Waals surface area contributed by atoms with Crippen LogP contribution in [0.3, 0.4) is 0 Å². The Labute approximate surface area is 91.9 Å². The normalized spacial score (nSPS) is 26.5. The second-order valence-corrected chi connectivity index (χ2v) is 4.26. The summed E-state index contributed by atoms with van der Waals surface area (Å²) in [6.45, 7) is 1.13. The molecule has 1 aliphatic heterocycles. The maximum Gasteiger partial charge on any atom is 0.243 e. The minimum absolute atomic E-state index is 0. The molecule has 1 aromatic rings. The molecule has 0 saturated carbocycles. The van der Waals surface area contributed by atoms with Crippen molar-refractivity contribution in [2.75, 3.05) is 13.1 Å². The van der Waals surface area contributed by atoms with Crippen LogP contribution in [0, 0.1) is 5.92 Å². The molecule has 1 saturated heterocycles. The van der Waals surface area contributed by atoms with E-state index >= 15 is 0 Å². The number of rotatable bonds is 2. The Morgan fingerprint density at radius 2 is 2.21 bits per heavy atom. The summed E-state index contributed by atoms with van der Waals surface area (Å²) in [6, 6.07) is 3.86. The van der Waals surface area contributed by atoms with Crippen molar-refractivity contribution in [2.45, 2.75) is 12.3 Å². The molecule has 1 N–H and O–H groups in total. The van der Waals surface area contributed by atoms with Gasteiger partial charge in [0.2, 0.25) is 6.43 Å². The number of halogens is 3. The molecule has 0 amide bonds. The first kappa shape index (κ1) is 11.9. The summed E-state index contributed by atoms with van der Waals surface area (Å²) in [5, 5.41) is 4.96. The predicted octanol–water partition coefficient (Wildman–Crippen LogP) is 2.74. The van der Waals surface area contributed by atoms with Gasteiger partial charge in [-0.1, -0.05) is 6.07 Å². The predicted molar refractivity (Wildman–Crippen MR) is 56.7 cm³/mol. The van der Waals surface area contributed by atoms with Gasteiger partial charge in [-0.15, -0.1) is 23.7 Å². The Bertz CT molecular complexity index is 266. The number of hydrogen-bond acceptors (Lipinski definition) is 2. The van der Waals surface area contributed by atoms with Crippen LogP contribution in [0.1, 0.15) is 10.8 Å². The van der Waals surface area contributed by atoms with Gasteiger partial charge in [-0.3, -0.25) is 0 Å². The molecule has 80 valence electrons. The topological polar surface area (TPSA) is 12.0 Å². The van der Waals surface area contributed by atoms with E-state index in [4.69, 9.17) is 0 Å². The molecular formula is C9H12ClF2NS. The molecule has 1 nitrogen and oxygen atoms in total. The Morgan fingerprint density at radius 1 is 1.43 bits per heavy atom. The second kappa shape index (κ2) is 5.05. The lowest BCUT2D eigenvalue weighted by atomic mass is 9.95. The third kappa shape index (κ3) is 2.24. The summed E-state index contributed by atoms with van der Waals surface area (Å²) in [5.74, 6) is -0.487. The lowest BCUT2D eigenvalue weighted by Gasteiger charge is -2.15.